The van der Waals surface area contributed by atoms with Crippen LogP contribution in [0.25, 0.3) is 5.69 Å². The molecule has 0 aliphatic heterocycles. The van der Waals surface area contributed by atoms with E-state index < -0.39 is 17.5 Å². The molecule has 0 bridgehead atoms. The Bertz CT molecular complexity index is 507. The molecule has 0 unspecified atom stereocenters. The molecule has 3 nitrogen and oxygen atoms in total. The highest BCUT2D eigenvalue weighted by molar-refractivity contribution is 5.40. The minimum atomic E-state index is -1.53. The third-order valence-corrected chi connectivity index (χ3v) is 1.94. The van der Waals surface area contributed by atoms with Crippen molar-refractivity contribution < 1.29 is 13.2 Å². The van der Waals surface area contributed by atoms with Crippen molar-refractivity contribution in [1.29, 1.82) is 0 Å². The molecule has 1 aromatic heterocycles. The summed E-state index contributed by atoms with van der Waals surface area (Å²) >= 11 is 0. The molecule has 78 valence electrons. The quantitative estimate of drug-likeness (QED) is 0.735. The van der Waals surface area contributed by atoms with Gasteiger partial charge in [0.25, 0.3) is 0 Å². The molecule has 0 aliphatic carbocycles. The minimum absolute atomic E-state index is 0.0000850. The van der Waals surface area contributed by atoms with Crippen molar-refractivity contribution in [3.8, 4) is 5.69 Å². The second kappa shape index (κ2) is 3.30. The van der Waals surface area contributed by atoms with E-state index in [4.69, 9.17) is 5.73 Å². The van der Waals surface area contributed by atoms with Crippen LogP contribution in [0.2, 0.25) is 0 Å². The first kappa shape index (κ1) is 9.57. The van der Waals surface area contributed by atoms with Crippen molar-refractivity contribution >= 4 is 5.95 Å². The lowest BCUT2D eigenvalue weighted by Crippen LogP contribution is -2.04. The van der Waals surface area contributed by atoms with E-state index in [1.807, 2.05) is 0 Å². The fourth-order valence-electron chi connectivity index (χ4n) is 1.22. The van der Waals surface area contributed by atoms with Crippen molar-refractivity contribution in [3.63, 3.8) is 0 Å². The molecule has 1 heterocycles. The van der Waals surface area contributed by atoms with E-state index in [-0.39, 0.29) is 11.6 Å². The van der Waals surface area contributed by atoms with Gasteiger partial charge in [-0.2, -0.15) is 0 Å². The van der Waals surface area contributed by atoms with Gasteiger partial charge in [0.2, 0.25) is 5.95 Å². The topological polar surface area (TPSA) is 43.8 Å². The second-order valence-electron chi connectivity index (χ2n) is 2.85. The summed E-state index contributed by atoms with van der Waals surface area (Å²) in [5.74, 6) is -4.06. The highest BCUT2D eigenvalue weighted by Gasteiger charge is 2.15. The SMILES string of the molecule is Nc1nccn1-c1ccc(F)c(F)c1F. The summed E-state index contributed by atoms with van der Waals surface area (Å²) in [6, 6.07) is 1.92. The van der Waals surface area contributed by atoms with Gasteiger partial charge < -0.3 is 5.73 Å². The zero-order chi connectivity index (χ0) is 11.0. The molecule has 2 rings (SSSR count). The first-order valence-electron chi connectivity index (χ1n) is 4.04. The van der Waals surface area contributed by atoms with Crippen LogP contribution in [0.1, 0.15) is 0 Å². The molecule has 0 amide bonds. The van der Waals surface area contributed by atoms with E-state index in [0.29, 0.717) is 0 Å². The molecular weight excluding hydrogens is 207 g/mol. The first-order valence-corrected chi connectivity index (χ1v) is 4.04. The number of hydrogen-bond acceptors (Lipinski definition) is 2. The Kier molecular flexibility index (Phi) is 2.11. The zero-order valence-electron chi connectivity index (χ0n) is 7.42. The van der Waals surface area contributed by atoms with E-state index in [0.717, 1.165) is 16.7 Å². The normalized spacial score (nSPS) is 10.6. The number of nitrogens with zero attached hydrogens (tertiary/aromatic N) is 2. The predicted octanol–water partition coefficient (Wildman–Crippen LogP) is 1.87. The molecule has 0 saturated heterocycles. The summed E-state index contributed by atoms with van der Waals surface area (Å²) in [7, 11) is 0. The Morgan fingerprint density at radius 2 is 1.87 bits per heavy atom. The lowest BCUT2D eigenvalue weighted by atomic mass is 10.3. The number of anilines is 1. The van der Waals surface area contributed by atoms with Gasteiger partial charge in [0.1, 0.15) is 0 Å². The summed E-state index contributed by atoms with van der Waals surface area (Å²) < 4.78 is 39.9. The van der Waals surface area contributed by atoms with Crippen molar-refractivity contribution in [2.45, 2.75) is 0 Å². The van der Waals surface area contributed by atoms with Crippen LogP contribution in [0, 0.1) is 17.5 Å². The maximum Gasteiger partial charge on any atom is 0.204 e. The summed E-state index contributed by atoms with van der Waals surface area (Å²) in [6.07, 6.45) is 2.68. The Hall–Kier alpha value is -1.98. The maximum atomic E-state index is 13.3. The van der Waals surface area contributed by atoms with Crippen molar-refractivity contribution in [3.05, 3.63) is 42.0 Å². The fraction of sp³-hybridized carbons (Fsp3) is 0. The van der Waals surface area contributed by atoms with Crippen molar-refractivity contribution in [2.75, 3.05) is 5.73 Å². The molecule has 15 heavy (non-hydrogen) atoms. The van der Waals surface area contributed by atoms with Gasteiger partial charge in [-0.15, -0.1) is 0 Å². The van der Waals surface area contributed by atoms with E-state index in [1.165, 1.54) is 12.4 Å². The van der Waals surface area contributed by atoms with Gasteiger partial charge in [-0.1, -0.05) is 0 Å². The summed E-state index contributed by atoms with van der Waals surface area (Å²) in [4.78, 5) is 3.64. The van der Waals surface area contributed by atoms with Gasteiger partial charge in [-0.05, 0) is 12.1 Å². The third-order valence-electron chi connectivity index (χ3n) is 1.94. The number of nitrogen functional groups attached to an aromatic ring is 1. The number of nitrogens with two attached hydrogens (primary N) is 1. The second-order valence-corrected chi connectivity index (χ2v) is 2.85. The van der Waals surface area contributed by atoms with Gasteiger partial charge in [-0.25, -0.2) is 18.2 Å². The Labute approximate surface area is 83.0 Å². The highest BCUT2D eigenvalue weighted by atomic mass is 19.2. The lowest BCUT2D eigenvalue weighted by molar-refractivity contribution is 0.445. The standard InChI is InChI=1S/C9H6F3N3/c10-5-1-2-6(8(12)7(5)11)15-4-3-14-9(15)13/h1-4H,(H2,13,14). The van der Waals surface area contributed by atoms with Crippen LogP contribution in [0.3, 0.4) is 0 Å². The number of rotatable bonds is 1. The fourth-order valence-corrected chi connectivity index (χ4v) is 1.22. The van der Waals surface area contributed by atoms with E-state index in [2.05, 4.69) is 4.98 Å². The number of hydrogen-bond donors (Lipinski definition) is 1. The molecule has 0 aliphatic rings. The molecule has 1 aromatic carbocycles. The van der Waals surface area contributed by atoms with Crippen molar-refractivity contribution in [1.82, 2.24) is 9.55 Å². The van der Waals surface area contributed by atoms with E-state index in [9.17, 15) is 13.2 Å². The molecular formula is C9H6F3N3. The lowest BCUT2D eigenvalue weighted by Gasteiger charge is -2.06. The van der Waals surface area contributed by atoms with Crippen LogP contribution in [-0.4, -0.2) is 9.55 Å². The average Bonchev–Trinajstić information content (AvgIpc) is 2.62. The summed E-state index contributed by atoms with van der Waals surface area (Å²) in [5.41, 5.74) is 5.22. The molecule has 0 saturated carbocycles. The number of imidazole rings is 1. The van der Waals surface area contributed by atoms with Gasteiger partial charge in [-0.3, -0.25) is 4.57 Å². The summed E-state index contributed by atoms with van der Waals surface area (Å²) in [5, 5.41) is 0. The van der Waals surface area contributed by atoms with Gasteiger partial charge in [0.15, 0.2) is 17.5 Å². The van der Waals surface area contributed by atoms with E-state index >= 15 is 0 Å². The first-order chi connectivity index (χ1) is 7.11. The summed E-state index contributed by atoms with van der Waals surface area (Å²) in [6.45, 7) is 0. The molecule has 0 atom stereocenters. The minimum Gasteiger partial charge on any atom is -0.369 e. The van der Waals surface area contributed by atoms with Crippen LogP contribution >= 0.6 is 0 Å². The van der Waals surface area contributed by atoms with E-state index in [1.54, 1.807) is 0 Å². The third kappa shape index (κ3) is 1.43. The number of aromatic nitrogens is 2. The van der Waals surface area contributed by atoms with Gasteiger partial charge in [0.05, 0.1) is 5.69 Å². The zero-order valence-corrected chi connectivity index (χ0v) is 7.42. The van der Waals surface area contributed by atoms with Crippen LogP contribution in [0.15, 0.2) is 24.5 Å². The van der Waals surface area contributed by atoms with Gasteiger partial charge in [0, 0.05) is 12.4 Å². The molecule has 0 spiro atoms. The maximum absolute atomic E-state index is 13.3. The van der Waals surface area contributed by atoms with Crippen molar-refractivity contribution in [2.24, 2.45) is 0 Å². The smallest absolute Gasteiger partial charge is 0.204 e. The molecule has 6 heteroatoms. The number of benzene rings is 1. The highest BCUT2D eigenvalue weighted by Crippen LogP contribution is 2.20. The molecule has 0 radical (unpaired) electrons. The van der Waals surface area contributed by atoms with Gasteiger partial charge >= 0.3 is 0 Å². The Morgan fingerprint density at radius 1 is 1.13 bits per heavy atom. The molecule has 2 aromatic rings. The average molecular weight is 213 g/mol. The molecule has 2 N–H and O–H groups in total. The Balaban J connectivity index is 2.65. The number of halogens is 3. The molecule has 0 fully saturated rings. The monoisotopic (exact) mass is 213 g/mol. The van der Waals surface area contributed by atoms with Crippen LogP contribution in [0.4, 0.5) is 19.1 Å². The largest absolute Gasteiger partial charge is 0.369 e. The predicted molar refractivity (Wildman–Crippen MR) is 47.9 cm³/mol. The van der Waals surface area contributed by atoms with Crippen LogP contribution in [0.5, 0.6) is 0 Å². The van der Waals surface area contributed by atoms with Crippen LogP contribution < -0.4 is 5.73 Å². The Morgan fingerprint density at radius 3 is 2.47 bits per heavy atom. The van der Waals surface area contributed by atoms with Crippen LogP contribution in [-0.2, 0) is 0 Å².